The molecule has 1 unspecified atom stereocenters. The lowest BCUT2D eigenvalue weighted by atomic mass is 10.1. The second-order valence-electron chi connectivity index (χ2n) is 6.98. The van der Waals surface area contributed by atoms with Gasteiger partial charge in [-0.15, -0.1) is 0 Å². The van der Waals surface area contributed by atoms with Crippen LogP contribution in [0.2, 0.25) is 0 Å². The Morgan fingerprint density at radius 1 is 1.15 bits per heavy atom. The summed E-state index contributed by atoms with van der Waals surface area (Å²) in [5.74, 6) is 1.55. The topological polar surface area (TPSA) is 78.8 Å². The van der Waals surface area contributed by atoms with Crippen LogP contribution in [0.3, 0.4) is 0 Å². The van der Waals surface area contributed by atoms with Crippen molar-refractivity contribution in [2.45, 2.75) is 13.0 Å². The van der Waals surface area contributed by atoms with Gasteiger partial charge >= 0.3 is 0 Å². The Balaban J connectivity index is 1.67. The molecule has 1 fully saturated rings. The number of anilines is 1. The van der Waals surface area contributed by atoms with Crippen molar-refractivity contribution in [3.05, 3.63) is 59.3 Å². The molecule has 2 aromatic rings. The molecule has 2 N–H and O–H groups in total. The summed E-state index contributed by atoms with van der Waals surface area (Å²) >= 11 is 0. The minimum absolute atomic E-state index is 0.0927. The van der Waals surface area contributed by atoms with Crippen molar-refractivity contribution in [3.63, 3.8) is 0 Å². The predicted molar refractivity (Wildman–Crippen MR) is 106 cm³/mol. The molecule has 0 aliphatic carbocycles. The molecule has 7 nitrogen and oxygen atoms in total. The zero-order valence-electron chi connectivity index (χ0n) is 15.0. The molecule has 0 saturated carbocycles. The normalized spacial score (nSPS) is 17.7. The van der Waals surface area contributed by atoms with E-state index in [0.717, 1.165) is 42.0 Å². The summed E-state index contributed by atoms with van der Waals surface area (Å²) < 4.78 is 1.58. The molecule has 2 aromatic heterocycles. The third-order valence-corrected chi connectivity index (χ3v) is 5.09. The van der Waals surface area contributed by atoms with Crippen LogP contribution in [0, 0.1) is 0 Å². The summed E-state index contributed by atoms with van der Waals surface area (Å²) in [5.41, 5.74) is 3.08. The molecule has 0 spiro atoms. The smallest absolute Gasteiger partial charge is 0.265 e. The number of hydrogen-bond donors (Lipinski definition) is 2. The lowest BCUT2D eigenvalue weighted by Crippen LogP contribution is -2.49. The van der Waals surface area contributed by atoms with Gasteiger partial charge in [-0.2, -0.15) is 0 Å². The van der Waals surface area contributed by atoms with Crippen LogP contribution in [0.5, 0.6) is 0 Å². The number of H-pyrrole nitrogens is 1. The lowest BCUT2D eigenvalue weighted by Gasteiger charge is -2.32. The largest absolute Gasteiger partial charge is 0.359 e. The number of nitrogens with zero attached hydrogens (tertiary/aromatic N) is 4. The van der Waals surface area contributed by atoms with Crippen molar-refractivity contribution in [2.24, 2.45) is 0 Å². The summed E-state index contributed by atoms with van der Waals surface area (Å²) in [5, 5.41) is 3.45. The van der Waals surface area contributed by atoms with Crippen LogP contribution >= 0.6 is 0 Å². The second kappa shape index (κ2) is 6.21. The summed E-state index contributed by atoms with van der Waals surface area (Å²) in [4.78, 5) is 27.6. The molecule has 27 heavy (non-hydrogen) atoms. The van der Waals surface area contributed by atoms with E-state index >= 15 is 0 Å². The number of rotatable bonds is 2. The number of piperazine rings is 1. The number of aromatic amines is 1. The molecule has 0 bridgehead atoms. The standard InChI is InChI=1S/C20H20N6O/c1-13-11-25(9-8-21-13)18-6-5-16-19(24-18)15-12-26(17-4-2-3-7-22-17)20(27)14(15)10-23-16/h2-7,10,12-13,21,23H,8-9,11H2,1H3. The van der Waals surface area contributed by atoms with Crippen LogP contribution in [0.25, 0.3) is 28.0 Å². The highest BCUT2D eigenvalue weighted by atomic mass is 16.1. The minimum Gasteiger partial charge on any atom is -0.359 e. The van der Waals surface area contributed by atoms with Crippen LogP contribution in [0.4, 0.5) is 5.82 Å². The van der Waals surface area contributed by atoms with E-state index in [0.29, 0.717) is 17.4 Å². The van der Waals surface area contributed by atoms with Gasteiger partial charge in [-0.25, -0.2) is 9.97 Å². The first-order chi connectivity index (χ1) is 13.2. The van der Waals surface area contributed by atoms with E-state index in [2.05, 4.69) is 27.1 Å². The molecule has 3 aliphatic rings. The molecular formula is C20H20N6O. The molecular weight excluding hydrogens is 340 g/mol. The monoisotopic (exact) mass is 360 g/mol. The first-order valence-electron chi connectivity index (χ1n) is 9.14. The Hall–Kier alpha value is -3.19. The fourth-order valence-electron chi connectivity index (χ4n) is 3.73. The number of aromatic nitrogens is 4. The Morgan fingerprint density at radius 2 is 2.07 bits per heavy atom. The van der Waals surface area contributed by atoms with E-state index in [4.69, 9.17) is 4.98 Å². The van der Waals surface area contributed by atoms with Crippen LogP contribution in [0.1, 0.15) is 6.92 Å². The van der Waals surface area contributed by atoms with Gasteiger partial charge in [0.1, 0.15) is 11.6 Å². The van der Waals surface area contributed by atoms with Gasteiger partial charge in [0.2, 0.25) is 0 Å². The van der Waals surface area contributed by atoms with Gasteiger partial charge in [-0.05, 0) is 31.2 Å². The molecule has 7 heteroatoms. The van der Waals surface area contributed by atoms with E-state index < -0.39 is 0 Å². The van der Waals surface area contributed by atoms with Gasteiger partial charge in [0.05, 0.1) is 16.6 Å². The fourth-order valence-corrected chi connectivity index (χ4v) is 3.73. The zero-order valence-corrected chi connectivity index (χ0v) is 15.0. The van der Waals surface area contributed by atoms with Crippen molar-refractivity contribution in [1.82, 2.24) is 24.8 Å². The van der Waals surface area contributed by atoms with Crippen molar-refractivity contribution >= 4 is 16.9 Å². The highest BCUT2D eigenvalue weighted by molar-refractivity contribution is 5.93. The van der Waals surface area contributed by atoms with Crippen LogP contribution in [0.15, 0.2) is 53.7 Å². The SMILES string of the molecule is CC1CN(c2ccc3[nH]cc4c(=O)n(-c5ccccn5)cc-4c3n2)CCN1. The number of fused-ring (bicyclic) bond motifs is 3. The molecule has 136 valence electrons. The van der Waals surface area contributed by atoms with Crippen LogP contribution in [-0.4, -0.2) is 45.2 Å². The molecule has 0 aromatic carbocycles. The second-order valence-corrected chi connectivity index (χ2v) is 6.98. The maximum Gasteiger partial charge on any atom is 0.265 e. The average Bonchev–Trinajstić information content (AvgIpc) is 3.05. The van der Waals surface area contributed by atoms with Gasteiger partial charge in [0.15, 0.2) is 0 Å². The number of hydrogen-bond acceptors (Lipinski definition) is 5. The van der Waals surface area contributed by atoms with Gasteiger partial charge in [-0.3, -0.25) is 9.36 Å². The highest BCUT2D eigenvalue weighted by Gasteiger charge is 2.21. The van der Waals surface area contributed by atoms with Crippen molar-refractivity contribution < 1.29 is 0 Å². The zero-order chi connectivity index (χ0) is 18.4. The minimum atomic E-state index is -0.0927. The maximum absolute atomic E-state index is 12.9. The van der Waals surface area contributed by atoms with Gasteiger partial charge in [-0.1, -0.05) is 6.07 Å². The molecule has 3 aliphatic heterocycles. The first-order valence-corrected chi connectivity index (χ1v) is 9.14. The van der Waals surface area contributed by atoms with Crippen LogP contribution < -0.4 is 15.8 Å². The molecule has 0 amide bonds. The Morgan fingerprint density at radius 3 is 2.89 bits per heavy atom. The predicted octanol–water partition coefficient (Wildman–Crippen LogP) is 2.01. The van der Waals surface area contributed by atoms with Crippen molar-refractivity contribution in [1.29, 1.82) is 0 Å². The Labute approximate surface area is 156 Å². The lowest BCUT2D eigenvalue weighted by molar-refractivity contribution is 0.482. The average molecular weight is 360 g/mol. The third-order valence-electron chi connectivity index (χ3n) is 5.09. The third kappa shape index (κ3) is 2.67. The summed E-state index contributed by atoms with van der Waals surface area (Å²) in [6.45, 7) is 4.96. The summed E-state index contributed by atoms with van der Waals surface area (Å²) in [6, 6.07) is 10.0. The molecule has 1 atom stereocenters. The maximum atomic E-state index is 12.9. The number of nitrogens with one attached hydrogen (secondary N) is 2. The molecule has 0 radical (unpaired) electrons. The number of pyridine rings is 3. The molecule has 5 heterocycles. The van der Waals surface area contributed by atoms with E-state index in [1.807, 2.05) is 36.5 Å². The first kappa shape index (κ1) is 16.0. The molecule has 5 rings (SSSR count). The fraction of sp³-hybridized carbons (Fsp3) is 0.250. The van der Waals surface area contributed by atoms with Crippen LogP contribution in [-0.2, 0) is 0 Å². The molecule has 1 saturated heterocycles. The van der Waals surface area contributed by atoms with E-state index in [1.54, 1.807) is 17.0 Å². The van der Waals surface area contributed by atoms with Gasteiger partial charge in [0, 0.05) is 49.8 Å². The quantitative estimate of drug-likeness (QED) is 0.572. The Kier molecular flexibility index (Phi) is 3.68. The Bertz CT molecular complexity index is 1130. The highest BCUT2D eigenvalue weighted by Crippen LogP contribution is 2.29. The van der Waals surface area contributed by atoms with Crippen molar-refractivity contribution in [3.8, 4) is 16.9 Å². The van der Waals surface area contributed by atoms with Crippen molar-refractivity contribution in [2.75, 3.05) is 24.5 Å². The summed E-state index contributed by atoms with van der Waals surface area (Å²) in [6.07, 6.45) is 5.28. The van der Waals surface area contributed by atoms with E-state index in [9.17, 15) is 4.79 Å². The summed E-state index contributed by atoms with van der Waals surface area (Å²) in [7, 11) is 0. The van der Waals surface area contributed by atoms with Gasteiger partial charge in [0.25, 0.3) is 5.56 Å². The van der Waals surface area contributed by atoms with E-state index in [-0.39, 0.29) is 5.56 Å². The van der Waals surface area contributed by atoms with Gasteiger partial charge < -0.3 is 15.2 Å². The van der Waals surface area contributed by atoms with E-state index in [1.165, 1.54) is 0 Å².